The van der Waals surface area contributed by atoms with Crippen molar-refractivity contribution in [1.29, 1.82) is 0 Å². The highest BCUT2D eigenvalue weighted by Crippen LogP contribution is 2.17. The van der Waals surface area contributed by atoms with E-state index in [0.717, 1.165) is 36.2 Å². The van der Waals surface area contributed by atoms with Crippen LogP contribution < -0.4 is 0 Å². The van der Waals surface area contributed by atoms with Gasteiger partial charge in [0.1, 0.15) is 5.82 Å². The van der Waals surface area contributed by atoms with Crippen molar-refractivity contribution < 1.29 is 9.84 Å². The monoisotopic (exact) mass is 276 g/mol. The van der Waals surface area contributed by atoms with Crippen molar-refractivity contribution in [3.63, 3.8) is 0 Å². The van der Waals surface area contributed by atoms with Crippen LogP contribution in [0.15, 0.2) is 24.3 Å². The molecule has 2 aromatic rings. The van der Waals surface area contributed by atoms with Crippen molar-refractivity contribution in [2.75, 3.05) is 13.2 Å². The molecule has 4 nitrogen and oxygen atoms in total. The molecule has 2 rings (SSSR count). The van der Waals surface area contributed by atoms with Crippen molar-refractivity contribution in [1.82, 2.24) is 9.55 Å². The summed E-state index contributed by atoms with van der Waals surface area (Å²) in [5.74, 6) is 0.945. The number of hydrogen-bond donors (Lipinski definition) is 1. The molecule has 0 aliphatic heterocycles. The highest BCUT2D eigenvalue weighted by molar-refractivity contribution is 5.75. The SMILES string of the molecule is CCCOCC(O)Cc1nc2ccccc2n1CCC. The van der Waals surface area contributed by atoms with E-state index in [1.807, 2.05) is 18.2 Å². The molecule has 0 bridgehead atoms. The molecule has 1 aromatic heterocycles. The molecule has 0 saturated carbocycles. The predicted octanol–water partition coefficient (Wildman–Crippen LogP) is 2.78. The zero-order valence-electron chi connectivity index (χ0n) is 12.4. The first-order chi connectivity index (χ1) is 9.76. The third-order valence-electron chi connectivity index (χ3n) is 3.26. The molecule has 1 unspecified atom stereocenters. The first kappa shape index (κ1) is 15.0. The molecule has 110 valence electrons. The molecule has 0 amide bonds. The van der Waals surface area contributed by atoms with Crippen LogP contribution in [0.3, 0.4) is 0 Å². The molecule has 1 aromatic carbocycles. The van der Waals surface area contributed by atoms with Crippen LogP contribution >= 0.6 is 0 Å². The van der Waals surface area contributed by atoms with Crippen molar-refractivity contribution >= 4 is 11.0 Å². The van der Waals surface area contributed by atoms with Gasteiger partial charge < -0.3 is 14.4 Å². The molecular formula is C16H24N2O2. The minimum atomic E-state index is -0.492. The Hall–Kier alpha value is -1.39. The second-order valence-corrected chi connectivity index (χ2v) is 5.10. The van der Waals surface area contributed by atoms with Gasteiger partial charge in [-0.15, -0.1) is 0 Å². The summed E-state index contributed by atoms with van der Waals surface area (Å²) in [6.45, 7) is 6.22. The Kier molecular flexibility index (Phi) is 5.56. The first-order valence-electron chi connectivity index (χ1n) is 7.46. The predicted molar refractivity (Wildman–Crippen MR) is 80.8 cm³/mol. The van der Waals surface area contributed by atoms with E-state index < -0.39 is 6.10 Å². The largest absolute Gasteiger partial charge is 0.390 e. The Labute approximate surface area is 120 Å². The standard InChI is InChI=1S/C16H24N2O2/c1-3-9-18-15-8-6-5-7-14(15)17-16(18)11-13(19)12-20-10-4-2/h5-8,13,19H,3-4,9-12H2,1-2H3. The number of benzene rings is 1. The summed E-state index contributed by atoms with van der Waals surface area (Å²) in [5, 5.41) is 10.1. The number of aryl methyl sites for hydroxylation is 1. The number of nitrogens with zero attached hydrogens (tertiary/aromatic N) is 2. The highest BCUT2D eigenvalue weighted by atomic mass is 16.5. The van der Waals surface area contributed by atoms with E-state index >= 15 is 0 Å². The molecular weight excluding hydrogens is 252 g/mol. The van der Waals surface area contributed by atoms with Crippen molar-refractivity contribution in [2.45, 2.75) is 45.8 Å². The van der Waals surface area contributed by atoms with E-state index in [9.17, 15) is 5.11 Å². The van der Waals surface area contributed by atoms with Crippen LogP contribution in [0.1, 0.15) is 32.5 Å². The third-order valence-corrected chi connectivity index (χ3v) is 3.26. The molecule has 1 N–H and O–H groups in total. The van der Waals surface area contributed by atoms with Gasteiger partial charge in [-0.1, -0.05) is 26.0 Å². The van der Waals surface area contributed by atoms with Gasteiger partial charge in [0.2, 0.25) is 0 Å². The van der Waals surface area contributed by atoms with Gasteiger partial charge in [-0.25, -0.2) is 4.98 Å². The lowest BCUT2D eigenvalue weighted by molar-refractivity contribution is 0.0361. The van der Waals surface area contributed by atoms with Gasteiger partial charge in [-0.05, 0) is 25.0 Å². The van der Waals surface area contributed by atoms with E-state index in [2.05, 4.69) is 29.5 Å². The Morgan fingerprint density at radius 1 is 1.25 bits per heavy atom. The van der Waals surface area contributed by atoms with Gasteiger partial charge in [0, 0.05) is 19.6 Å². The van der Waals surface area contributed by atoms with Crippen molar-refractivity contribution in [3.05, 3.63) is 30.1 Å². The van der Waals surface area contributed by atoms with Crippen LogP contribution in [0, 0.1) is 0 Å². The number of fused-ring (bicyclic) bond motifs is 1. The van der Waals surface area contributed by atoms with Gasteiger partial charge >= 0.3 is 0 Å². The fourth-order valence-electron chi connectivity index (χ4n) is 2.39. The Morgan fingerprint density at radius 2 is 2.05 bits per heavy atom. The fourth-order valence-corrected chi connectivity index (χ4v) is 2.39. The summed E-state index contributed by atoms with van der Waals surface area (Å²) in [6.07, 6.45) is 2.07. The fraction of sp³-hybridized carbons (Fsp3) is 0.562. The zero-order chi connectivity index (χ0) is 14.4. The zero-order valence-corrected chi connectivity index (χ0v) is 12.4. The van der Waals surface area contributed by atoms with Gasteiger partial charge in [0.15, 0.2) is 0 Å². The van der Waals surface area contributed by atoms with Crippen LogP contribution in [-0.2, 0) is 17.7 Å². The Balaban J connectivity index is 2.13. The molecule has 20 heavy (non-hydrogen) atoms. The smallest absolute Gasteiger partial charge is 0.112 e. The van der Waals surface area contributed by atoms with Crippen LogP contribution in [0.2, 0.25) is 0 Å². The lowest BCUT2D eigenvalue weighted by Crippen LogP contribution is -2.21. The van der Waals surface area contributed by atoms with E-state index in [0.29, 0.717) is 19.6 Å². The van der Waals surface area contributed by atoms with Gasteiger partial charge in [-0.2, -0.15) is 0 Å². The minimum absolute atomic E-state index is 0.378. The average molecular weight is 276 g/mol. The lowest BCUT2D eigenvalue weighted by atomic mass is 10.2. The summed E-state index contributed by atoms with van der Waals surface area (Å²) in [5.41, 5.74) is 2.14. The molecule has 1 atom stereocenters. The summed E-state index contributed by atoms with van der Waals surface area (Å²) < 4.78 is 7.61. The van der Waals surface area contributed by atoms with Crippen LogP contribution in [-0.4, -0.2) is 34.0 Å². The maximum Gasteiger partial charge on any atom is 0.112 e. The minimum Gasteiger partial charge on any atom is -0.390 e. The molecule has 0 radical (unpaired) electrons. The quantitative estimate of drug-likeness (QED) is 0.754. The van der Waals surface area contributed by atoms with Crippen LogP contribution in [0.4, 0.5) is 0 Å². The second-order valence-electron chi connectivity index (χ2n) is 5.10. The number of aromatic nitrogens is 2. The van der Waals surface area contributed by atoms with E-state index in [-0.39, 0.29) is 0 Å². The maximum absolute atomic E-state index is 10.1. The van der Waals surface area contributed by atoms with Gasteiger partial charge in [-0.3, -0.25) is 0 Å². The second kappa shape index (κ2) is 7.41. The van der Waals surface area contributed by atoms with Crippen molar-refractivity contribution in [3.8, 4) is 0 Å². The van der Waals surface area contributed by atoms with E-state index in [1.54, 1.807) is 0 Å². The topological polar surface area (TPSA) is 47.3 Å². The molecule has 4 heteroatoms. The normalized spacial score (nSPS) is 12.9. The van der Waals surface area contributed by atoms with Crippen molar-refractivity contribution in [2.24, 2.45) is 0 Å². The van der Waals surface area contributed by atoms with Crippen LogP contribution in [0.5, 0.6) is 0 Å². The Bertz CT molecular complexity index is 536. The summed E-state index contributed by atoms with van der Waals surface area (Å²) in [7, 11) is 0. The van der Waals surface area contributed by atoms with Crippen LogP contribution in [0.25, 0.3) is 11.0 Å². The third kappa shape index (κ3) is 3.58. The number of aliphatic hydroxyl groups excluding tert-OH is 1. The van der Waals surface area contributed by atoms with E-state index in [1.165, 1.54) is 0 Å². The number of para-hydroxylation sites is 2. The number of imidazole rings is 1. The number of aliphatic hydroxyl groups is 1. The average Bonchev–Trinajstić information content (AvgIpc) is 2.78. The summed E-state index contributed by atoms with van der Waals surface area (Å²) in [4.78, 5) is 4.65. The van der Waals surface area contributed by atoms with Gasteiger partial charge in [0.05, 0.1) is 23.7 Å². The molecule has 0 fully saturated rings. The first-order valence-corrected chi connectivity index (χ1v) is 7.46. The molecule has 0 spiro atoms. The Morgan fingerprint density at radius 3 is 2.80 bits per heavy atom. The molecule has 0 aliphatic carbocycles. The molecule has 0 aliphatic rings. The molecule has 1 heterocycles. The highest BCUT2D eigenvalue weighted by Gasteiger charge is 2.14. The molecule has 0 saturated heterocycles. The number of ether oxygens (including phenoxy) is 1. The maximum atomic E-state index is 10.1. The summed E-state index contributed by atoms with van der Waals surface area (Å²) >= 11 is 0. The summed E-state index contributed by atoms with van der Waals surface area (Å²) in [6, 6.07) is 8.13. The van der Waals surface area contributed by atoms with Gasteiger partial charge in [0.25, 0.3) is 0 Å². The number of rotatable bonds is 8. The van der Waals surface area contributed by atoms with E-state index in [4.69, 9.17) is 4.74 Å². The number of hydrogen-bond acceptors (Lipinski definition) is 3. The lowest BCUT2D eigenvalue weighted by Gasteiger charge is -2.12.